The summed E-state index contributed by atoms with van der Waals surface area (Å²) in [4.78, 5) is 16.6. The number of carbonyl (C=O) groups is 1. The SMILES string of the molecule is CC1CN(C(=O)CC2COCCN2)CC(C)N1C. The van der Waals surface area contributed by atoms with Crippen LogP contribution in [0.1, 0.15) is 20.3 Å². The molecule has 0 aromatic heterocycles. The number of ether oxygens (including phenoxy) is 1. The second kappa shape index (κ2) is 5.99. The minimum absolute atomic E-state index is 0.191. The van der Waals surface area contributed by atoms with Crippen molar-refractivity contribution in [1.82, 2.24) is 15.1 Å². The van der Waals surface area contributed by atoms with E-state index in [9.17, 15) is 4.79 Å². The first kappa shape index (κ1) is 13.8. The van der Waals surface area contributed by atoms with E-state index in [4.69, 9.17) is 4.74 Å². The molecule has 5 nitrogen and oxygen atoms in total. The topological polar surface area (TPSA) is 44.8 Å². The van der Waals surface area contributed by atoms with Crippen LogP contribution in [0.15, 0.2) is 0 Å². The molecule has 1 amide bonds. The molecule has 5 heteroatoms. The Balaban J connectivity index is 1.85. The number of nitrogens with zero attached hydrogens (tertiary/aromatic N) is 2. The fraction of sp³-hybridized carbons (Fsp3) is 0.923. The molecule has 2 aliphatic rings. The molecule has 2 aliphatic heterocycles. The van der Waals surface area contributed by atoms with Crippen molar-refractivity contribution in [3.8, 4) is 0 Å². The van der Waals surface area contributed by atoms with Gasteiger partial charge in [-0.3, -0.25) is 9.69 Å². The molecular formula is C13H25N3O2. The molecule has 1 N–H and O–H groups in total. The fourth-order valence-electron chi connectivity index (χ4n) is 2.70. The summed E-state index contributed by atoms with van der Waals surface area (Å²) < 4.78 is 5.39. The first-order valence-electron chi connectivity index (χ1n) is 6.88. The standard InChI is InChI=1S/C13H25N3O2/c1-10-7-16(8-11(2)15(10)3)13(17)6-12-9-18-5-4-14-12/h10-12,14H,4-9H2,1-3H3. The Morgan fingerprint density at radius 3 is 2.56 bits per heavy atom. The molecule has 3 atom stereocenters. The summed E-state index contributed by atoms with van der Waals surface area (Å²) in [5, 5.41) is 3.34. The third-order valence-electron chi connectivity index (χ3n) is 4.13. The van der Waals surface area contributed by atoms with Gasteiger partial charge in [-0.15, -0.1) is 0 Å². The highest BCUT2D eigenvalue weighted by Gasteiger charge is 2.30. The van der Waals surface area contributed by atoms with Crippen LogP contribution in [0, 0.1) is 0 Å². The molecular weight excluding hydrogens is 230 g/mol. The number of morpholine rings is 1. The predicted octanol–water partition coefficient (Wildman–Crippen LogP) is -0.0841. The highest BCUT2D eigenvalue weighted by atomic mass is 16.5. The lowest BCUT2D eigenvalue weighted by molar-refractivity contribution is -0.136. The summed E-state index contributed by atoms with van der Waals surface area (Å²) >= 11 is 0. The minimum Gasteiger partial charge on any atom is -0.378 e. The lowest BCUT2D eigenvalue weighted by Gasteiger charge is -2.42. The van der Waals surface area contributed by atoms with E-state index in [0.717, 1.165) is 26.2 Å². The van der Waals surface area contributed by atoms with E-state index in [0.29, 0.717) is 25.1 Å². The lowest BCUT2D eigenvalue weighted by atomic mass is 10.1. The Hall–Kier alpha value is -0.650. The van der Waals surface area contributed by atoms with Crippen molar-refractivity contribution in [3.63, 3.8) is 0 Å². The monoisotopic (exact) mass is 255 g/mol. The molecule has 18 heavy (non-hydrogen) atoms. The number of likely N-dealkylation sites (N-methyl/N-ethyl adjacent to an activating group) is 1. The van der Waals surface area contributed by atoms with Gasteiger partial charge in [0.1, 0.15) is 0 Å². The molecule has 104 valence electrons. The Bertz CT molecular complexity index is 280. The van der Waals surface area contributed by atoms with Gasteiger partial charge in [0.2, 0.25) is 5.91 Å². The first-order chi connectivity index (χ1) is 8.58. The summed E-state index contributed by atoms with van der Waals surface area (Å²) in [6, 6.07) is 1.07. The van der Waals surface area contributed by atoms with Crippen LogP contribution in [0.2, 0.25) is 0 Å². The third-order valence-corrected chi connectivity index (χ3v) is 4.13. The summed E-state index contributed by atoms with van der Waals surface area (Å²) in [7, 11) is 2.13. The van der Waals surface area contributed by atoms with E-state index in [1.165, 1.54) is 0 Å². The molecule has 0 aromatic carbocycles. The summed E-state index contributed by atoms with van der Waals surface area (Å²) in [6.45, 7) is 8.31. The number of hydrogen-bond acceptors (Lipinski definition) is 4. The van der Waals surface area contributed by atoms with Gasteiger partial charge in [-0.05, 0) is 20.9 Å². The van der Waals surface area contributed by atoms with Crippen molar-refractivity contribution in [1.29, 1.82) is 0 Å². The van der Waals surface area contributed by atoms with Crippen molar-refractivity contribution >= 4 is 5.91 Å². The van der Waals surface area contributed by atoms with Gasteiger partial charge in [0.15, 0.2) is 0 Å². The van der Waals surface area contributed by atoms with Crippen LogP contribution < -0.4 is 5.32 Å². The van der Waals surface area contributed by atoms with E-state index in [2.05, 4.69) is 31.1 Å². The molecule has 0 saturated carbocycles. The zero-order chi connectivity index (χ0) is 13.1. The van der Waals surface area contributed by atoms with Crippen molar-refractivity contribution in [2.24, 2.45) is 0 Å². The molecule has 2 fully saturated rings. The van der Waals surface area contributed by atoms with Crippen LogP contribution in [-0.2, 0) is 9.53 Å². The summed E-state index contributed by atoms with van der Waals surface area (Å²) in [6.07, 6.45) is 0.559. The van der Waals surface area contributed by atoms with Gasteiger partial charge in [0.05, 0.1) is 13.2 Å². The van der Waals surface area contributed by atoms with Crippen molar-refractivity contribution in [2.45, 2.75) is 38.4 Å². The smallest absolute Gasteiger partial charge is 0.224 e. The minimum atomic E-state index is 0.191. The van der Waals surface area contributed by atoms with Crippen molar-refractivity contribution in [3.05, 3.63) is 0 Å². The van der Waals surface area contributed by atoms with Gasteiger partial charge in [0, 0.05) is 44.2 Å². The van der Waals surface area contributed by atoms with E-state index in [1.54, 1.807) is 0 Å². The molecule has 0 aliphatic carbocycles. The van der Waals surface area contributed by atoms with E-state index < -0.39 is 0 Å². The molecule has 2 rings (SSSR count). The molecule has 2 saturated heterocycles. The van der Waals surface area contributed by atoms with Crippen molar-refractivity contribution < 1.29 is 9.53 Å². The van der Waals surface area contributed by atoms with Crippen LogP contribution in [0.3, 0.4) is 0 Å². The quantitative estimate of drug-likeness (QED) is 0.749. The first-order valence-corrected chi connectivity index (χ1v) is 6.88. The molecule has 0 radical (unpaired) electrons. The normalized spacial score (nSPS) is 34.6. The second-order valence-corrected chi connectivity index (χ2v) is 5.59. The fourth-order valence-corrected chi connectivity index (χ4v) is 2.70. The van der Waals surface area contributed by atoms with Gasteiger partial charge in [-0.25, -0.2) is 0 Å². The van der Waals surface area contributed by atoms with E-state index in [-0.39, 0.29) is 11.9 Å². The third kappa shape index (κ3) is 3.22. The molecule has 0 aromatic rings. The Kier molecular flexibility index (Phi) is 4.59. The van der Waals surface area contributed by atoms with Gasteiger partial charge in [0.25, 0.3) is 0 Å². The maximum atomic E-state index is 12.3. The Morgan fingerprint density at radius 2 is 2.00 bits per heavy atom. The van der Waals surface area contributed by atoms with Crippen LogP contribution in [0.5, 0.6) is 0 Å². The highest BCUT2D eigenvalue weighted by Crippen LogP contribution is 2.15. The Labute approximate surface area is 109 Å². The predicted molar refractivity (Wildman–Crippen MR) is 70.5 cm³/mol. The number of hydrogen-bond donors (Lipinski definition) is 1. The van der Waals surface area contributed by atoms with Gasteiger partial charge >= 0.3 is 0 Å². The second-order valence-electron chi connectivity index (χ2n) is 5.59. The van der Waals surface area contributed by atoms with Crippen LogP contribution >= 0.6 is 0 Å². The van der Waals surface area contributed by atoms with Crippen LogP contribution in [0.25, 0.3) is 0 Å². The van der Waals surface area contributed by atoms with Crippen LogP contribution in [-0.4, -0.2) is 73.7 Å². The van der Waals surface area contributed by atoms with E-state index >= 15 is 0 Å². The van der Waals surface area contributed by atoms with E-state index in [1.807, 2.05) is 4.90 Å². The molecule has 2 heterocycles. The molecule has 3 unspecified atom stereocenters. The largest absolute Gasteiger partial charge is 0.378 e. The molecule has 0 bridgehead atoms. The lowest BCUT2D eigenvalue weighted by Crippen LogP contribution is -2.57. The Morgan fingerprint density at radius 1 is 1.33 bits per heavy atom. The number of piperazine rings is 1. The number of amides is 1. The average Bonchev–Trinajstić information content (AvgIpc) is 2.36. The van der Waals surface area contributed by atoms with Crippen molar-refractivity contribution in [2.75, 3.05) is 39.9 Å². The van der Waals surface area contributed by atoms with Crippen LogP contribution in [0.4, 0.5) is 0 Å². The maximum absolute atomic E-state index is 12.3. The summed E-state index contributed by atoms with van der Waals surface area (Å²) in [5.74, 6) is 0.254. The molecule has 0 spiro atoms. The van der Waals surface area contributed by atoms with Gasteiger partial charge < -0.3 is 15.0 Å². The maximum Gasteiger partial charge on any atom is 0.224 e. The highest BCUT2D eigenvalue weighted by molar-refractivity contribution is 5.77. The van der Waals surface area contributed by atoms with Gasteiger partial charge in [-0.1, -0.05) is 0 Å². The number of nitrogens with one attached hydrogen (secondary N) is 1. The average molecular weight is 255 g/mol. The number of rotatable bonds is 2. The number of carbonyl (C=O) groups excluding carboxylic acids is 1. The zero-order valence-electron chi connectivity index (χ0n) is 11.7. The van der Waals surface area contributed by atoms with Gasteiger partial charge in [-0.2, -0.15) is 0 Å². The summed E-state index contributed by atoms with van der Waals surface area (Å²) in [5.41, 5.74) is 0. The zero-order valence-corrected chi connectivity index (χ0v) is 11.7.